The highest BCUT2D eigenvalue weighted by Gasteiger charge is 2.46. The molecule has 0 bridgehead atoms. The van der Waals surface area contributed by atoms with Crippen LogP contribution in [0.2, 0.25) is 0 Å². The van der Waals surface area contributed by atoms with Crippen LogP contribution >= 0.6 is 12.2 Å². The molecular formula is C15H17N3O4S. The maximum atomic E-state index is 10.4. The summed E-state index contributed by atoms with van der Waals surface area (Å²) in [5.74, 6) is 0.877. The van der Waals surface area contributed by atoms with Crippen LogP contribution in [0.5, 0.6) is 5.75 Å². The van der Waals surface area contributed by atoms with Crippen LogP contribution in [0.25, 0.3) is 0 Å². The highest BCUT2D eigenvalue weighted by molar-refractivity contribution is 7.71. The van der Waals surface area contributed by atoms with Gasteiger partial charge in [0.25, 0.3) is 0 Å². The summed E-state index contributed by atoms with van der Waals surface area (Å²) in [4.78, 5) is 4.01. The largest absolute Gasteiger partial charge is 0.483 e. The summed E-state index contributed by atoms with van der Waals surface area (Å²) in [6.45, 7) is -0.331. The molecule has 0 spiro atoms. The number of nitrogens with two attached hydrogens (primary N) is 1. The molecular weight excluding hydrogens is 318 g/mol. The van der Waals surface area contributed by atoms with Gasteiger partial charge in [-0.2, -0.15) is 0 Å². The minimum Gasteiger partial charge on any atom is -0.483 e. The zero-order valence-electron chi connectivity index (χ0n) is 12.1. The van der Waals surface area contributed by atoms with Gasteiger partial charge in [0.2, 0.25) is 4.77 Å². The topological polar surface area (TPSA) is 103 Å². The van der Waals surface area contributed by atoms with E-state index in [2.05, 4.69) is 4.98 Å². The van der Waals surface area contributed by atoms with E-state index in [0.717, 1.165) is 0 Å². The molecule has 0 aliphatic carbocycles. The van der Waals surface area contributed by atoms with E-state index in [0.29, 0.717) is 11.6 Å². The summed E-state index contributed by atoms with van der Waals surface area (Å²) < 4.78 is 13.3. The van der Waals surface area contributed by atoms with Gasteiger partial charge >= 0.3 is 0 Å². The number of benzene rings is 1. The summed E-state index contributed by atoms with van der Waals surface area (Å²) in [5.41, 5.74) is 5.61. The third-order valence-electron chi connectivity index (χ3n) is 3.63. The zero-order valence-corrected chi connectivity index (χ0v) is 13.0. The van der Waals surface area contributed by atoms with Crippen molar-refractivity contribution in [2.75, 3.05) is 12.3 Å². The molecule has 1 aromatic heterocycles. The molecule has 1 fully saturated rings. The summed E-state index contributed by atoms with van der Waals surface area (Å²) in [6.07, 6.45) is -1.61. The van der Waals surface area contributed by atoms with Crippen molar-refractivity contribution in [1.29, 1.82) is 0 Å². The van der Waals surface area contributed by atoms with Crippen LogP contribution in [0.4, 0.5) is 5.82 Å². The fraction of sp³-hybridized carbons (Fsp3) is 0.333. The smallest absolute Gasteiger partial charge is 0.203 e. The summed E-state index contributed by atoms with van der Waals surface area (Å²) in [7, 11) is 0. The number of aliphatic hydroxyl groups is 2. The summed E-state index contributed by atoms with van der Waals surface area (Å²) >= 11 is 5.20. The quantitative estimate of drug-likeness (QED) is 0.713. The summed E-state index contributed by atoms with van der Waals surface area (Å²) in [5, 5.41) is 19.8. The van der Waals surface area contributed by atoms with Gasteiger partial charge in [-0.05, 0) is 30.4 Å². The molecule has 1 saturated heterocycles. The maximum Gasteiger partial charge on any atom is 0.203 e. The molecule has 4 N–H and O–H groups in total. The van der Waals surface area contributed by atoms with Crippen molar-refractivity contribution in [2.24, 2.45) is 0 Å². The van der Waals surface area contributed by atoms with Gasteiger partial charge in [-0.1, -0.05) is 18.2 Å². The van der Waals surface area contributed by atoms with Crippen LogP contribution < -0.4 is 10.5 Å². The number of nitrogens with zero attached hydrogens (tertiary/aromatic N) is 2. The number of aromatic nitrogens is 2. The Morgan fingerprint density at radius 3 is 2.70 bits per heavy atom. The molecule has 0 saturated carbocycles. The highest BCUT2D eigenvalue weighted by atomic mass is 32.1. The first-order valence-electron chi connectivity index (χ1n) is 7.11. The molecule has 2 heterocycles. The Balaban J connectivity index is 1.94. The van der Waals surface area contributed by atoms with Crippen molar-refractivity contribution in [3.8, 4) is 5.75 Å². The van der Waals surface area contributed by atoms with E-state index in [4.69, 9.17) is 27.4 Å². The lowest BCUT2D eigenvalue weighted by molar-refractivity contribution is -0.0514. The van der Waals surface area contributed by atoms with Crippen LogP contribution in [0.3, 0.4) is 0 Å². The van der Waals surface area contributed by atoms with E-state index < -0.39 is 24.5 Å². The molecule has 23 heavy (non-hydrogen) atoms. The number of anilines is 1. The van der Waals surface area contributed by atoms with Gasteiger partial charge in [-0.25, -0.2) is 4.98 Å². The molecule has 0 radical (unpaired) electrons. The normalized spacial score (nSPS) is 27.0. The number of ether oxygens (including phenoxy) is 2. The molecule has 0 amide bonds. The Labute approximate surface area is 137 Å². The van der Waals surface area contributed by atoms with Crippen LogP contribution in [0, 0.1) is 4.77 Å². The van der Waals surface area contributed by atoms with Gasteiger partial charge in [0.15, 0.2) is 12.3 Å². The van der Waals surface area contributed by atoms with Gasteiger partial charge < -0.3 is 25.4 Å². The monoisotopic (exact) mass is 335 g/mol. The Bertz CT molecular complexity index is 724. The van der Waals surface area contributed by atoms with Gasteiger partial charge in [0, 0.05) is 6.20 Å². The van der Waals surface area contributed by atoms with E-state index >= 15 is 0 Å². The number of para-hydroxylation sites is 1. The van der Waals surface area contributed by atoms with Crippen molar-refractivity contribution in [3.05, 3.63) is 47.4 Å². The van der Waals surface area contributed by atoms with Crippen molar-refractivity contribution >= 4 is 18.0 Å². The number of hydrogen-bond donors (Lipinski definition) is 3. The first kappa shape index (κ1) is 15.9. The maximum absolute atomic E-state index is 10.4. The number of aliphatic hydroxyl groups excluding tert-OH is 2. The van der Waals surface area contributed by atoms with Crippen LogP contribution in [0.15, 0.2) is 42.6 Å². The predicted octanol–water partition coefficient (Wildman–Crippen LogP) is 0.893. The van der Waals surface area contributed by atoms with Crippen LogP contribution in [0.1, 0.15) is 6.23 Å². The van der Waals surface area contributed by atoms with Crippen LogP contribution in [-0.4, -0.2) is 44.7 Å². The van der Waals surface area contributed by atoms with E-state index in [1.807, 2.05) is 18.2 Å². The molecule has 4 atom stereocenters. The van der Waals surface area contributed by atoms with E-state index in [9.17, 15) is 10.2 Å². The van der Waals surface area contributed by atoms with E-state index in [-0.39, 0.29) is 11.4 Å². The third-order valence-corrected chi connectivity index (χ3v) is 3.94. The molecule has 1 aromatic carbocycles. The number of hydrogen-bond acceptors (Lipinski definition) is 7. The number of rotatable bonds is 4. The van der Waals surface area contributed by atoms with E-state index in [1.54, 1.807) is 29.0 Å². The highest BCUT2D eigenvalue weighted by Crippen LogP contribution is 2.32. The second-order valence-electron chi connectivity index (χ2n) is 5.18. The molecule has 2 unspecified atom stereocenters. The average Bonchev–Trinajstić information content (AvgIpc) is 2.85. The molecule has 3 rings (SSSR count). The fourth-order valence-electron chi connectivity index (χ4n) is 2.50. The van der Waals surface area contributed by atoms with Crippen molar-refractivity contribution in [3.63, 3.8) is 0 Å². The fourth-order valence-corrected chi connectivity index (χ4v) is 2.77. The third kappa shape index (κ3) is 3.20. The molecule has 1 aliphatic heterocycles. The molecule has 7 nitrogen and oxygen atoms in total. The minimum atomic E-state index is -1.01. The number of nitrogen functional groups attached to an aromatic ring is 1. The van der Waals surface area contributed by atoms with Gasteiger partial charge in [-0.3, -0.25) is 4.57 Å². The second kappa shape index (κ2) is 6.63. The Hall–Kier alpha value is -2.00. The van der Waals surface area contributed by atoms with Gasteiger partial charge in [0.05, 0.1) is 6.61 Å². The first-order valence-corrected chi connectivity index (χ1v) is 7.51. The first-order chi connectivity index (χ1) is 11.1. The predicted molar refractivity (Wildman–Crippen MR) is 85.3 cm³/mol. The van der Waals surface area contributed by atoms with Gasteiger partial charge in [0.1, 0.15) is 23.8 Å². The Morgan fingerprint density at radius 1 is 1.30 bits per heavy atom. The lowest BCUT2D eigenvalue weighted by atomic mass is 10.1. The van der Waals surface area contributed by atoms with Crippen molar-refractivity contribution < 1.29 is 19.7 Å². The molecule has 1 aliphatic rings. The lowest BCUT2D eigenvalue weighted by Gasteiger charge is -2.23. The second-order valence-corrected chi connectivity index (χ2v) is 5.54. The Kier molecular flexibility index (Phi) is 4.58. The van der Waals surface area contributed by atoms with Crippen molar-refractivity contribution in [1.82, 2.24) is 9.55 Å². The molecule has 2 aromatic rings. The minimum absolute atomic E-state index is 0.211. The standard InChI is InChI=1S/C15H17N3O4S/c16-11-6-7-18(15(23)17-11)14-13(12(20)10(8-19)22-14)21-9-4-2-1-3-5-9/h1-7,10,12-14,19-20H,8H2,(H2,16,17,23)/t10-,12?,13?,14-/m1/s1. The van der Waals surface area contributed by atoms with Gasteiger partial charge in [-0.15, -0.1) is 0 Å². The van der Waals surface area contributed by atoms with E-state index in [1.165, 1.54) is 0 Å². The summed E-state index contributed by atoms with van der Waals surface area (Å²) in [6, 6.07) is 10.6. The lowest BCUT2D eigenvalue weighted by Crippen LogP contribution is -2.37. The molecule has 122 valence electrons. The Morgan fingerprint density at radius 2 is 2.04 bits per heavy atom. The SMILES string of the molecule is Nc1ccn([C@@H]2O[C@H](CO)C(O)C2Oc2ccccc2)c(=S)n1. The zero-order chi connectivity index (χ0) is 16.4. The van der Waals surface area contributed by atoms with Crippen molar-refractivity contribution in [2.45, 2.75) is 24.5 Å². The van der Waals surface area contributed by atoms with Crippen LogP contribution in [-0.2, 0) is 4.74 Å². The average molecular weight is 335 g/mol. The molecule has 8 heteroatoms.